The molecule has 1 N–H and O–H groups in total. The van der Waals surface area contributed by atoms with E-state index in [1.165, 1.54) is 33.0 Å². The van der Waals surface area contributed by atoms with Gasteiger partial charge in [0.15, 0.2) is 0 Å². The summed E-state index contributed by atoms with van der Waals surface area (Å²) in [6, 6.07) is 23.5. The number of para-hydroxylation sites is 1. The number of pyridine rings is 1. The second-order valence-electron chi connectivity index (χ2n) is 5.79. The largest absolute Gasteiger partial charge is 0.380 e. The number of aromatic nitrogens is 1. The Morgan fingerprint density at radius 3 is 2.36 bits per heavy atom. The highest BCUT2D eigenvalue weighted by Gasteiger charge is 2.18. The molecule has 0 saturated heterocycles. The van der Waals surface area contributed by atoms with Gasteiger partial charge in [-0.3, -0.25) is 0 Å². The van der Waals surface area contributed by atoms with Gasteiger partial charge in [0.05, 0.1) is 11.2 Å². The molecule has 0 amide bonds. The maximum Gasteiger partial charge on any atom is 0.0780 e. The maximum atomic E-state index is 4.92. The van der Waals surface area contributed by atoms with Crippen molar-refractivity contribution in [2.24, 2.45) is 0 Å². The first kappa shape index (κ1) is 11.8. The van der Waals surface area contributed by atoms with E-state index >= 15 is 0 Å². The van der Waals surface area contributed by atoms with Crippen LogP contribution in [-0.2, 0) is 6.54 Å². The molecule has 0 fully saturated rings. The lowest BCUT2D eigenvalue weighted by molar-refractivity contribution is 1.11. The fourth-order valence-corrected chi connectivity index (χ4v) is 3.30. The summed E-state index contributed by atoms with van der Waals surface area (Å²) < 4.78 is 0. The minimum absolute atomic E-state index is 0.832. The summed E-state index contributed by atoms with van der Waals surface area (Å²) in [5.41, 5.74) is 5.81. The van der Waals surface area contributed by atoms with Crippen LogP contribution in [0.4, 0.5) is 5.69 Å². The Balaban J connectivity index is 1.84. The van der Waals surface area contributed by atoms with E-state index in [0.717, 1.165) is 17.8 Å². The summed E-state index contributed by atoms with van der Waals surface area (Å²) >= 11 is 0. The molecule has 0 saturated carbocycles. The molecule has 0 unspecified atom stereocenters. The van der Waals surface area contributed by atoms with E-state index < -0.39 is 0 Å². The van der Waals surface area contributed by atoms with Crippen LogP contribution in [0.5, 0.6) is 0 Å². The van der Waals surface area contributed by atoms with Gasteiger partial charge in [0.1, 0.15) is 0 Å². The van der Waals surface area contributed by atoms with Gasteiger partial charge in [0, 0.05) is 23.2 Å². The van der Waals surface area contributed by atoms with Crippen LogP contribution >= 0.6 is 0 Å². The number of nitrogens with zero attached hydrogens (tertiary/aromatic N) is 1. The average Bonchev–Trinajstić information content (AvgIpc) is 2.58. The number of fused-ring (bicyclic) bond motifs is 5. The standard InChI is InChI=1S/C20H14N2/c1-2-6-14-11-19-17(10-13(14)5-1)20-16(12-21-19)9-15-7-3-4-8-18(15)22-20/h1-11,21H,12H2. The van der Waals surface area contributed by atoms with Crippen LogP contribution in [-0.4, -0.2) is 4.98 Å². The zero-order valence-corrected chi connectivity index (χ0v) is 12.0. The van der Waals surface area contributed by atoms with E-state index in [1.807, 2.05) is 6.07 Å². The third-order valence-corrected chi connectivity index (χ3v) is 4.41. The molecule has 0 aliphatic carbocycles. The molecular weight excluding hydrogens is 268 g/mol. The van der Waals surface area contributed by atoms with E-state index in [4.69, 9.17) is 4.98 Å². The first-order valence-corrected chi connectivity index (χ1v) is 7.54. The Bertz CT molecular complexity index is 949. The normalized spacial score (nSPS) is 12.7. The van der Waals surface area contributed by atoms with Gasteiger partial charge in [-0.15, -0.1) is 0 Å². The molecule has 0 radical (unpaired) electrons. The first-order valence-electron chi connectivity index (χ1n) is 7.54. The molecule has 22 heavy (non-hydrogen) atoms. The van der Waals surface area contributed by atoms with Gasteiger partial charge in [-0.25, -0.2) is 4.98 Å². The number of hydrogen-bond donors (Lipinski definition) is 1. The van der Waals surface area contributed by atoms with Gasteiger partial charge < -0.3 is 5.32 Å². The van der Waals surface area contributed by atoms with Crippen LogP contribution in [0.2, 0.25) is 0 Å². The maximum absolute atomic E-state index is 4.92. The van der Waals surface area contributed by atoms with Crippen molar-refractivity contribution >= 4 is 27.4 Å². The lowest BCUT2D eigenvalue weighted by Gasteiger charge is -2.22. The van der Waals surface area contributed by atoms with Crippen LogP contribution in [0.1, 0.15) is 5.56 Å². The number of benzene rings is 3. The van der Waals surface area contributed by atoms with Gasteiger partial charge >= 0.3 is 0 Å². The minimum Gasteiger partial charge on any atom is -0.380 e. The summed E-state index contributed by atoms with van der Waals surface area (Å²) in [5, 5.41) is 7.25. The molecule has 1 aliphatic rings. The Hall–Kier alpha value is -2.87. The van der Waals surface area contributed by atoms with Crippen molar-refractivity contribution in [2.45, 2.75) is 6.54 Å². The van der Waals surface area contributed by atoms with Gasteiger partial charge in [-0.05, 0) is 40.6 Å². The molecule has 0 bridgehead atoms. The van der Waals surface area contributed by atoms with E-state index in [0.29, 0.717) is 0 Å². The molecule has 1 aromatic heterocycles. The van der Waals surface area contributed by atoms with Crippen LogP contribution in [0.25, 0.3) is 32.9 Å². The van der Waals surface area contributed by atoms with Crippen molar-refractivity contribution in [3.8, 4) is 11.3 Å². The SMILES string of the molecule is c1ccc2cc3c(cc2c1)NCc1cc2ccccc2nc1-3. The van der Waals surface area contributed by atoms with Crippen molar-refractivity contribution in [2.75, 3.05) is 5.32 Å². The molecule has 2 heteroatoms. The fraction of sp³-hybridized carbons (Fsp3) is 0.0500. The summed E-state index contributed by atoms with van der Waals surface area (Å²) in [6.07, 6.45) is 0. The molecule has 3 aromatic carbocycles. The van der Waals surface area contributed by atoms with Gasteiger partial charge in [-0.2, -0.15) is 0 Å². The number of hydrogen-bond acceptors (Lipinski definition) is 2. The van der Waals surface area contributed by atoms with E-state index in [1.54, 1.807) is 0 Å². The van der Waals surface area contributed by atoms with Crippen molar-refractivity contribution in [3.63, 3.8) is 0 Å². The van der Waals surface area contributed by atoms with Crippen LogP contribution < -0.4 is 5.32 Å². The van der Waals surface area contributed by atoms with Crippen LogP contribution in [0, 0.1) is 0 Å². The first-order chi connectivity index (χ1) is 10.9. The Kier molecular flexibility index (Phi) is 2.30. The monoisotopic (exact) mass is 282 g/mol. The van der Waals surface area contributed by atoms with Crippen molar-refractivity contribution in [1.29, 1.82) is 0 Å². The predicted molar refractivity (Wildman–Crippen MR) is 92.0 cm³/mol. The molecule has 2 nitrogen and oxygen atoms in total. The minimum atomic E-state index is 0.832. The smallest absolute Gasteiger partial charge is 0.0780 e. The second-order valence-corrected chi connectivity index (χ2v) is 5.79. The quantitative estimate of drug-likeness (QED) is 0.492. The number of anilines is 1. The summed E-state index contributed by atoms with van der Waals surface area (Å²) in [4.78, 5) is 4.92. The fourth-order valence-electron chi connectivity index (χ4n) is 3.30. The van der Waals surface area contributed by atoms with Crippen LogP contribution in [0.15, 0.2) is 66.7 Å². The average molecular weight is 282 g/mol. The Morgan fingerprint density at radius 2 is 1.50 bits per heavy atom. The molecular formula is C20H14N2. The van der Waals surface area contributed by atoms with E-state index in [-0.39, 0.29) is 0 Å². The molecule has 0 spiro atoms. The van der Waals surface area contributed by atoms with E-state index in [9.17, 15) is 0 Å². The van der Waals surface area contributed by atoms with Gasteiger partial charge in [0.25, 0.3) is 0 Å². The molecule has 5 rings (SSSR count). The summed E-state index contributed by atoms with van der Waals surface area (Å²) in [6.45, 7) is 0.832. The lowest BCUT2D eigenvalue weighted by atomic mass is 9.95. The highest BCUT2D eigenvalue weighted by atomic mass is 14.9. The third-order valence-electron chi connectivity index (χ3n) is 4.41. The highest BCUT2D eigenvalue weighted by Crippen LogP contribution is 2.38. The molecule has 4 aromatic rings. The third kappa shape index (κ3) is 1.64. The predicted octanol–water partition coefficient (Wildman–Crippen LogP) is 4.98. The molecule has 2 heterocycles. The van der Waals surface area contributed by atoms with E-state index in [2.05, 4.69) is 66.0 Å². The molecule has 104 valence electrons. The number of nitrogens with one attached hydrogen (secondary N) is 1. The second kappa shape index (κ2) is 4.31. The zero-order valence-electron chi connectivity index (χ0n) is 12.0. The van der Waals surface area contributed by atoms with Crippen LogP contribution in [0.3, 0.4) is 0 Å². The molecule has 0 atom stereocenters. The lowest BCUT2D eigenvalue weighted by Crippen LogP contribution is -2.10. The van der Waals surface area contributed by atoms with Crippen molar-refractivity contribution < 1.29 is 0 Å². The molecule has 1 aliphatic heterocycles. The number of rotatable bonds is 0. The summed E-state index contributed by atoms with van der Waals surface area (Å²) in [5.74, 6) is 0. The Morgan fingerprint density at radius 1 is 0.773 bits per heavy atom. The van der Waals surface area contributed by atoms with Crippen molar-refractivity contribution in [1.82, 2.24) is 4.98 Å². The highest BCUT2D eigenvalue weighted by molar-refractivity contribution is 5.96. The topological polar surface area (TPSA) is 24.9 Å². The Labute approximate surface area is 128 Å². The van der Waals surface area contributed by atoms with Crippen molar-refractivity contribution in [3.05, 3.63) is 72.3 Å². The zero-order chi connectivity index (χ0) is 14.5. The van der Waals surface area contributed by atoms with Gasteiger partial charge in [0.2, 0.25) is 0 Å². The van der Waals surface area contributed by atoms with Gasteiger partial charge in [-0.1, -0.05) is 42.5 Å². The summed E-state index contributed by atoms with van der Waals surface area (Å²) in [7, 11) is 0.